The molecule has 0 radical (unpaired) electrons. The van der Waals surface area contributed by atoms with Gasteiger partial charge in [0, 0.05) is 41.1 Å². The van der Waals surface area contributed by atoms with Crippen molar-refractivity contribution in [3.05, 3.63) is 10.6 Å². The summed E-state index contributed by atoms with van der Waals surface area (Å²) in [7, 11) is 0. The maximum atomic E-state index is 4.76. The van der Waals surface area contributed by atoms with E-state index in [1.807, 2.05) is 11.3 Å². The van der Waals surface area contributed by atoms with Crippen molar-refractivity contribution in [3.63, 3.8) is 0 Å². The number of nitrogens with one attached hydrogen (secondary N) is 1. The molecule has 1 saturated heterocycles. The van der Waals surface area contributed by atoms with Crippen molar-refractivity contribution in [2.75, 3.05) is 23.7 Å². The van der Waals surface area contributed by atoms with Gasteiger partial charge in [-0.1, -0.05) is 6.92 Å². The van der Waals surface area contributed by atoms with Crippen LogP contribution in [-0.4, -0.2) is 34.6 Å². The SMILES string of the molecule is Cc1nc(N2CCSC(C)C2)sc1CNC(C)(C)C. The van der Waals surface area contributed by atoms with Gasteiger partial charge in [0.1, 0.15) is 0 Å². The molecule has 0 saturated carbocycles. The molecular weight excluding hydrogens is 274 g/mol. The Kier molecular flexibility index (Phi) is 4.79. The molecule has 1 aliphatic rings. The third-order valence-corrected chi connectivity index (χ3v) is 5.53. The summed E-state index contributed by atoms with van der Waals surface area (Å²) in [5.41, 5.74) is 1.34. The maximum absolute atomic E-state index is 4.76. The molecule has 1 aromatic heterocycles. The second-order valence-electron chi connectivity index (χ2n) is 6.24. The van der Waals surface area contributed by atoms with Crippen LogP contribution in [0.25, 0.3) is 0 Å². The molecule has 1 atom stereocenters. The lowest BCUT2D eigenvalue weighted by Crippen LogP contribution is -2.36. The van der Waals surface area contributed by atoms with Crippen molar-refractivity contribution in [2.45, 2.75) is 52.0 Å². The smallest absolute Gasteiger partial charge is 0.185 e. The highest BCUT2D eigenvalue weighted by Gasteiger charge is 2.21. The Morgan fingerprint density at radius 1 is 1.42 bits per heavy atom. The Morgan fingerprint density at radius 2 is 2.16 bits per heavy atom. The molecule has 3 nitrogen and oxygen atoms in total. The second kappa shape index (κ2) is 6.02. The van der Waals surface area contributed by atoms with E-state index in [-0.39, 0.29) is 5.54 Å². The van der Waals surface area contributed by atoms with Crippen LogP contribution in [0.1, 0.15) is 38.3 Å². The van der Waals surface area contributed by atoms with Crippen LogP contribution in [0.15, 0.2) is 0 Å². The van der Waals surface area contributed by atoms with E-state index in [0.29, 0.717) is 5.25 Å². The lowest BCUT2D eigenvalue weighted by molar-refractivity contribution is 0.425. The van der Waals surface area contributed by atoms with Crippen LogP contribution in [0.4, 0.5) is 5.13 Å². The number of aromatic nitrogens is 1. The zero-order valence-corrected chi connectivity index (χ0v) is 14.2. The van der Waals surface area contributed by atoms with Crippen LogP contribution >= 0.6 is 23.1 Å². The molecule has 0 spiro atoms. The molecule has 1 aromatic rings. The maximum Gasteiger partial charge on any atom is 0.185 e. The van der Waals surface area contributed by atoms with Gasteiger partial charge in [0.15, 0.2) is 5.13 Å². The Bertz CT molecular complexity index is 423. The van der Waals surface area contributed by atoms with Gasteiger partial charge in [-0.05, 0) is 27.7 Å². The Hall–Kier alpha value is -0.260. The summed E-state index contributed by atoms with van der Waals surface area (Å²) >= 11 is 3.92. The minimum Gasteiger partial charge on any atom is -0.346 e. The van der Waals surface area contributed by atoms with Crippen molar-refractivity contribution in [1.82, 2.24) is 10.3 Å². The number of rotatable bonds is 3. The van der Waals surface area contributed by atoms with Gasteiger partial charge in [-0.25, -0.2) is 4.98 Å². The summed E-state index contributed by atoms with van der Waals surface area (Å²) < 4.78 is 0. The zero-order chi connectivity index (χ0) is 14.0. The van der Waals surface area contributed by atoms with Crippen molar-refractivity contribution in [1.29, 1.82) is 0 Å². The molecule has 1 N–H and O–H groups in total. The average Bonchev–Trinajstić information content (AvgIpc) is 2.67. The summed E-state index contributed by atoms with van der Waals surface area (Å²) in [4.78, 5) is 8.58. The fraction of sp³-hybridized carbons (Fsp3) is 0.786. The third-order valence-electron chi connectivity index (χ3n) is 3.17. The molecule has 108 valence electrons. The number of hydrogen-bond donors (Lipinski definition) is 1. The Balaban J connectivity index is 2.03. The first-order chi connectivity index (χ1) is 8.85. The van der Waals surface area contributed by atoms with Gasteiger partial charge < -0.3 is 10.2 Å². The molecule has 1 fully saturated rings. The molecule has 19 heavy (non-hydrogen) atoms. The van der Waals surface area contributed by atoms with Gasteiger partial charge in [0.25, 0.3) is 0 Å². The minimum absolute atomic E-state index is 0.160. The average molecular weight is 300 g/mol. The molecule has 1 unspecified atom stereocenters. The number of aryl methyl sites for hydroxylation is 1. The molecule has 5 heteroatoms. The lowest BCUT2D eigenvalue weighted by atomic mass is 10.1. The lowest BCUT2D eigenvalue weighted by Gasteiger charge is -2.30. The van der Waals surface area contributed by atoms with Gasteiger partial charge in [-0.3, -0.25) is 0 Å². The molecule has 1 aliphatic heterocycles. The van der Waals surface area contributed by atoms with Gasteiger partial charge in [-0.2, -0.15) is 11.8 Å². The number of hydrogen-bond acceptors (Lipinski definition) is 5. The summed E-state index contributed by atoms with van der Waals surface area (Å²) in [5.74, 6) is 1.22. The van der Waals surface area contributed by atoms with Crippen LogP contribution in [-0.2, 0) is 6.54 Å². The predicted octanol–water partition coefficient (Wildman–Crippen LogP) is 3.28. The van der Waals surface area contributed by atoms with Crippen molar-refractivity contribution >= 4 is 28.2 Å². The molecule has 0 aromatic carbocycles. The standard InChI is InChI=1S/C14H25N3S2/c1-10-9-17(6-7-18-10)13-16-11(2)12(19-13)8-15-14(3,4)5/h10,15H,6-9H2,1-5H3. The van der Waals surface area contributed by atoms with Gasteiger partial charge in [-0.15, -0.1) is 11.3 Å². The van der Waals surface area contributed by atoms with Gasteiger partial charge >= 0.3 is 0 Å². The quantitative estimate of drug-likeness (QED) is 0.927. The van der Waals surface area contributed by atoms with E-state index in [2.05, 4.69) is 56.6 Å². The summed E-state index contributed by atoms with van der Waals surface area (Å²) in [6.45, 7) is 14.2. The Morgan fingerprint density at radius 3 is 2.79 bits per heavy atom. The zero-order valence-electron chi connectivity index (χ0n) is 12.6. The van der Waals surface area contributed by atoms with E-state index in [1.165, 1.54) is 21.5 Å². The van der Waals surface area contributed by atoms with Crippen LogP contribution < -0.4 is 10.2 Å². The summed E-state index contributed by atoms with van der Waals surface area (Å²) in [5, 5.41) is 5.47. The number of thiazole rings is 1. The van der Waals surface area contributed by atoms with Gasteiger partial charge in [0.2, 0.25) is 0 Å². The minimum atomic E-state index is 0.160. The molecular formula is C14H25N3S2. The van der Waals surface area contributed by atoms with Crippen LogP contribution in [0.3, 0.4) is 0 Å². The largest absolute Gasteiger partial charge is 0.346 e. The van der Waals surface area contributed by atoms with E-state index in [4.69, 9.17) is 4.98 Å². The van der Waals surface area contributed by atoms with E-state index in [0.717, 1.165) is 19.6 Å². The normalized spacial score (nSPS) is 20.9. The molecule has 2 heterocycles. The van der Waals surface area contributed by atoms with Crippen molar-refractivity contribution in [3.8, 4) is 0 Å². The van der Waals surface area contributed by atoms with Crippen LogP contribution in [0, 0.1) is 6.92 Å². The fourth-order valence-corrected chi connectivity index (χ4v) is 4.10. The first kappa shape index (κ1) is 15.1. The fourth-order valence-electron chi connectivity index (χ4n) is 2.05. The topological polar surface area (TPSA) is 28.2 Å². The van der Waals surface area contributed by atoms with Gasteiger partial charge in [0.05, 0.1) is 5.69 Å². The first-order valence-electron chi connectivity index (χ1n) is 6.93. The Labute approximate surface area is 125 Å². The number of nitrogens with zero attached hydrogens (tertiary/aromatic N) is 2. The first-order valence-corrected chi connectivity index (χ1v) is 8.79. The molecule has 0 amide bonds. The number of anilines is 1. The molecule has 0 aliphatic carbocycles. The van der Waals surface area contributed by atoms with E-state index >= 15 is 0 Å². The van der Waals surface area contributed by atoms with Crippen LogP contribution in [0.2, 0.25) is 0 Å². The van der Waals surface area contributed by atoms with E-state index in [1.54, 1.807) is 0 Å². The van der Waals surface area contributed by atoms with E-state index in [9.17, 15) is 0 Å². The second-order valence-corrected chi connectivity index (χ2v) is 8.84. The predicted molar refractivity (Wildman–Crippen MR) is 87.6 cm³/mol. The molecule has 0 bridgehead atoms. The van der Waals surface area contributed by atoms with Crippen molar-refractivity contribution in [2.24, 2.45) is 0 Å². The monoisotopic (exact) mass is 299 g/mol. The highest BCUT2D eigenvalue weighted by atomic mass is 32.2. The number of thioether (sulfide) groups is 1. The third kappa shape index (κ3) is 4.36. The summed E-state index contributed by atoms with van der Waals surface area (Å²) in [6.07, 6.45) is 0. The van der Waals surface area contributed by atoms with Crippen LogP contribution in [0.5, 0.6) is 0 Å². The van der Waals surface area contributed by atoms with E-state index < -0.39 is 0 Å². The molecule has 2 rings (SSSR count). The highest BCUT2D eigenvalue weighted by molar-refractivity contribution is 8.00. The summed E-state index contributed by atoms with van der Waals surface area (Å²) in [6, 6.07) is 0. The highest BCUT2D eigenvalue weighted by Crippen LogP contribution is 2.30. The van der Waals surface area contributed by atoms with Crippen molar-refractivity contribution < 1.29 is 0 Å².